The lowest BCUT2D eigenvalue weighted by Crippen LogP contribution is -2.17. The topological polar surface area (TPSA) is 0 Å². The number of hydrogen-bond acceptors (Lipinski definition) is 2. The summed E-state index contributed by atoms with van der Waals surface area (Å²) in [7, 11) is 0. The van der Waals surface area contributed by atoms with Gasteiger partial charge >= 0.3 is 0 Å². The minimum Gasteiger partial charge on any atom is -0.135 e. The molecule has 11 aromatic carbocycles. The first-order chi connectivity index (χ1) is 38.1. The van der Waals surface area contributed by atoms with E-state index in [2.05, 4.69) is 265 Å². The number of fused-ring (bicyclic) bond motifs is 11. The van der Waals surface area contributed by atoms with Crippen molar-refractivity contribution in [3.8, 4) is 33.4 Å². The van der Waals surface area contributed by atoms with Crippen LogP contribution in [0.1, 0.15) is 101 Å². The Morgan fingerprint density at radius 3 is 1.60 bits per heavy atom. The summed E-state index contributed by atoms with van der Waals surface area (Å²) in [5.74, 6) is 0.717. The zero-order valence-corrected chi connectivity index (χ0v) is 46.7. The molecule has 0 amide bonds. The number of rotatable bonds is 12. The van der Waals surface area contributed by atoms with Gasteiger partial charge in [0.05, 0.1) is 0 Å². The third-order valence-electron chi connectivity index (χ3n) is 17.9. The van der Waals surface area contributed by atoms with E-state index in [0.717, 1.165) is 19.3 Å². The van der Waals surface area contributed by atoms with Crippen molar-refractivity contribution < 1.29 is 0 Å². The SMILES string of the molecule is Cc1ccc(-c2ccccc2)cc1CC(c1ccc2c(c1)sc1ccccc12)C(C)c1ccc2c(c1)C(C)(C)c1cc(CCC(c3ccc4c(c3)sc3ccccc34)c3cc(-c4ccccc4)ccc3C)c3ccccc3c1-2. The Bertz CT molecular complexity index is 4430. The Morgan fingerprint density at radius 1 is 0.397 bits per heavy atom. The lowest BCUT2D eigenvalue weighted by Gasteiger charge is -2.28. The van der Waals surface area contributed by atoms with Crippen LogP contribution >= 0.6 is 22.7 Å². The van der Waals surface area contributed by atoms with E-state index in [1.165, 1.54) is 140 Å². The van der Waals surface area contributed by atoms with Crippen LogP contribution in [0.3, 0.4) is 0 Å². The van der Waals surface area contributed by atoms with E-state index in [9.17, 15) is 0 Å². The van der Waals surface area contributed by atoms with Crippen LogP contribution in [0, 0.1) is 13.8 Å². The fourth-order valence-corrected chi connectivity index (χ4v) is 15.8. The highest BCUT2D eigenvalue weighted by Crippen LogP contribution is 2.54. The van der Waals surface area contributed by atoms with Crippen molar-refractivity contribution in [3.63, 3.8) is 0 Å². The molecule has 1 aliphatic carbocycles. The largest absolute Gasteiger partial charge is 0.135 e. The van der Waals surface area contributed by atoms with Crippen LogP contribution in [0.25, 0.3) is 84.5 Å². The van der Waals surface area contributed by atoms with Gasteiger partial charge < -0.3 is 0 Å². The first-order valence-electron chi connectivity index (χ1n) is 28.0. The third kappa shape index (κ3) is 8.40. The molecule has 0 fully saturated rings. The summed E-state index contributed by atoms with van der Waals surface area (Å²) in [6, 6.07) is 87.9. The van der Waals surface area contributed by atoms with Gasteiger partial charge in [-0.05, 0) is 169 Å². The smallest absolute Gasteiger partial charge is 0.0358 e. The molecule has 0 N–H and O–H groups in total. The second-order valence-electron chi connectivity index (χ2n) is 22.8. The van der Waals surface area contributed by atoms with Crippen LogP contribution in [0.4, 0.5) is 0 Å². The third-order valence-corrected chi connectivity index (χ3v) is 20.2. The van der Waals surface area contributed by atoms with E-state index in [1.54, 1.807) is 0 Å². The molecule has 0 saturated heterocycles. The molecule has 3 atom stereocenters. The summed E-state index contributed by atoms with van der Waals surface area (Å²) in [6.45, 7) is 12.1. The predicted molar refractivity (Wildman–Crippen MR) is 338 cm³/mol. The molecule has 3 unspecified atom stereocenters. The molecule has 14 rings (SSSR count). The van der Waals surface area contributed by atoms with Crippen molar-refractivity contribution in [2.75, 3.05) is 0 Å². The molecule has 0 radical (unpaired) electrons. The number of thiophene rings is 2. The van der Waals surface area contributed by atoms with E-state index in [1.807, 2.05) is 22.7 Å². The van der Waals surface area contributed by atoms with Gasteiger partial charge in [-0.2, -0.15) is 0 Å². The normalized spacial score (nSPS) is 14.1. The second-order valence-corrected chi connectivity index (χ2v) is 24.9. The molecule has 13 aromatic rings. The highest BCUT2D eigenvalue weighted by molar-refractivity contribution is 7.26. The minimum absolute atomic E-state index is 0.197. The summed E-state index contributed by atoms with van der Waals surface area (Å²) < 4.78 is 5.43. The lowest BCUT2D eigenvalue weighted by atomic mass is 9.75. The van der Waals surface area contributed by atoms with Crippen LogP contribution in [0.5, 0.6) is 0 Å². The number of aryl methyl sites for hydroxylation is 3. The maximum absolute atomic E-state index is 2.62. The Kier molecular flexibility index (Phi) is 12.1. The zero-order valence-electron chi connectivity index (χ0n) is 45.1. The van der Waals surface area contributed by atoms with Gasteiger partial charge in [0.1, 0.15) is 0 Å². The molecule has 1 aliphatic rings. The first-order valence-corrected chi connectivity index (χ1v) is 29.6. The van der Waals surface area contributed by atoms with Crippen molar-refractivity contribution >= 4 is 73.8 Å². The summed E-state index contributed by atoms with van der Waals surface area (Å²) in [5.41, 5.74) is 21.7. The fraction of sp³-hybridized carbons (Fsp3) is 0.158. The van der Waals surface area contributed by atoms with E-state index in [4.69, 9.17) is 0 Å². The van der Waals surface area contributed by atoms with Crippen LogP contribution in [0.2, 0.25) is 0 Å². The standard InChI is InChI=1S/C76H62S2/c1-47-28-30-53(50-18-8-6-9-19-50)40-58(47)42-68(57-35-38-64-62-24-15-17-27-72(62)78-74(64)46-57)49(3)52-32-39-66-69(43-52)76(4,5)70-44-55(59-22-12-13-25-65(59)75(66)70)33-36-60(67-41-54(31-29-48(67)2)51-20-10-7-11-21-51)56-34-37-63-61-23-14-16-26-71(61)77-73(63)45-56/h6-32,34-35,37-41,43-46,49,60,68H,33,36,42H2,1-5H3. The Hall–Kier alpha value is -7.88. The van der Waals surface area contributed by atoms with E-state index in [-0.39, 0.29) is 23.2 Å². The van der Waals surface area contributed by atoms with Crippen LogP contribution in [-0.4, -0.2) is 0 Å². The van der Waals surface area contributed by atoms with Crippen molar-refractivity contribution in [3.05, 3.63) is 286 Å². The lowest BCUT2D eigenvalue weighted by molar-refractivity contribution is 0.569. The minimum atomic E-state index is -0.197. The Morgan fingerprint density at radius 2 is 0.936 bits per heavy atom. The Balaban J connectivity index is 0.842. The van der Waals surface area contributed by atoms with Gasteiger partial charge in [-0.15, -0.1) is 22.7 Å². The van der Waals surface area contributed by atoms with Gasteiger partial charge in [0.2, 0.25) is 0 Å². The van der Waals surface area contributed by atoms with Crippen molar-refractivity contribution in [1.82, 2.24) is 0 Å². The number of hydrogen-bond donors (Lipinski definition) is 0. The van der Waals surface area contributed by atoms with Gasteiger partial charge in [-0.3, -0.25) is 0 Å². The molecule has 2 aromatic heterocycles. The monoisotopic (exact) mass is 1040 g/mol. The summed E-state index contributed by atoms with van der Waals surface area (Å²) in [6.07, 6.45) is 2.91. The van der Waals surface area contributed by atoms with E-state index < -0.39 is 0 Å². The summed E-state index contributed by atoms with van der Waals surface area (Å²) in [4.78, 5) is 0. The van der Waals surface area contributed by atoms with Gasteiger partial charge in [0.15, 0.2) is 0 Å². The van der Waals surface area contributed by atoms with Crippen molar-refractivity contribution in [2.45, 2.75) is 77.0 Å². The molecular weight excluding hydrogens is 977 g/mol. The maximum atomic E-state index is 2.62. The van der Waals surface area contributed by atoms with E-state index in [0.29, 0.717) is 0 Å². The molecular formula is C76H62S2. The van der Waals surface area contributed by atoms with Crippen LogP contribution in [0.15, 0.2) is 231 Å². The summed E-state index contributed by atoms with van der Waals surface area (Å²) in [5, 5.41) is 8.15. The average molecular weight is 1040 g/mol. The Labute approximate surface area is 467 Å². The molecule has 2 heterocycles. The molecule has 0 nitrogen and oxygen atoms in total. The summed E-state index contributed by atoms with van der Waals surface area (Å²) >= 11 is 3.85. The van der Waals surface area contributed by atoms with Crippen LogP contribution in [-0.2, 0) is 18.3 Å². The quantitative estimate of drug-likeness (QED) is 0.114. The predicted octanol–water partition coefficient (Wildman–Crippen LogP) is 21.7. The van der Waals surface area contributed by atoms with Gasteiger partial charge in [0, 0.05) is 51.7 Å². The molecule has 0 aliphatic heterocycles. The fourth-order valence-electron chi connectivity index (χ4n) is 13.5. The van der Waals surface area contributed by atoms with Gasteiger partial charge in [-0.25, -0.2) is 0 Å². The maximum Gasteiger partial charge on any atom is 0.0358 e. The van der Waals surface area contributed by atoms with Crippen molar-refractivity contribution in [1.29, 1.82) is 0 Å². The molecule has 0 saturated carbocycles. The highest BCUT2D eigenvalue weighted by Gasteiger charge is 2.38. The molecule has 2 heteroatoms. The van der Waals surface area contributed by atoms with Gasteiger partial charge in [0.25, 0.3) is 0 Å². The van der Waals surface area contributed by atoms with Crippen molar-refractivity contribution in [2.24, 2.45) is 0 Å². The number of benzene rings is 11. The second kappa shape index (κ2) is 19.5. The molecule has 0 bridgehead atoms. The highest BCUT2D eigenvalue weighted by atomic mass is 32.1. The average Bonchev–Trinajstić information content (AvgIpc) is 4.25. The first kappa shape index (κ1) is 48.5. The van der Waals surface area contributed by atoms with E-state index >= 15 is 0 Å². The van der Waals surface area contributed by atoms with Gasteiger partial charge in [-0.1, -0.05) is 227 Å². The molecule has 78 heavy (non-hydrogen) atoms. The van der Waals surface area contributed by atoms with Crippen LogP contribution < -0.4 is 0 Å². The molecule has 378 valence electrons. The zero-order chi connectivity index (χ0) is 52.6. The molecule has 0 spiro atoms.